The Morgan fingerprint density at radius 2 is 1.58 bits per heavy atom. The number of cyclic esters (lactones) is 1. The molecule has 0 saturated heterocycles. The van der Waals surface area contributed by atoms with Gasteiger partial charge >= 0.3 is 5.97 Å². The number of hydrogen-bond donors (Lipinski definition) is 0. The molecule has 3 heteroatoms. The van der Waals surface area contributed by atoms with Crippen molar-refractivity contribution >= 4 is 17.8 Å². The average Bonchev–Trinajstić information content (AvgIpc) is 3.14. The van der Waals surface area contributed by atoms with Crippen molar-refractivity contribution in [3.05, 3.63) is 76.9 Å². The molecule has 31 heavy (non-hydrogen) atoms. The van der Waals surface area contributed by atoms with Gasteiger partial charge in [-0.25, -0.2) is 4.79 Å². The van der Waals surface area contributed by atoms with Crippen LogP contribution in [-0.4, -0.2) is 12.6 Å². The smallest absolute Gasteiger partial charge is 0.343 e. The molecule has 1 heterocycles. The Morgan fingerprint density at radius 3 is 2.26 bits per heavy atom. The molecule has 0 aromatic heterocycles. The van der Waals surface area contributed by atoms with Crippen LogP contribution in [0.2, 0.25) is 0 Å². The van der Waals surface area contributed by atoms with Gasteiger partial charge < -0.3 is 9.47 Å². The maximum Gasteiger partial charge on any atom is 0.343 e. The van der Waals surface area contributed by atoms with Gasteiger partial charge in [-0.1, -0.05) is 89.3 Å². The number of hydrogen-bond acceptors (Lipinski definition) is 3. The van der Waals surface area contributed by atoms with Crippen LogP contribution in [0.1, 0.15) is 81.9 Å². The van der Waals surface area contributed by atoms with E-state index in [0.717, 1.165) is 29.9 Å². The van der Waals surface area contributed by atoms with Crippen LogP contribution >= 0.6 is 0 Å². The van der Waals surface area contributed by atoms with Gasteiger partial charge in [0, 0.05) is 5.56 Å². The van der Waals surface area contributed by atoms with Crippen molar-refractivity contribution < 1.29 is 14.3 Å². The van der Waals surface area contributed by atoms with Crippen LogP contribution in [0.4, 0.5) is 0 Å². The van der Waals surface area contributed by atoms with Gasteiger partial charge in [-0.2, -0.15) is 0 Å². The minimum Gasteiger partial charge on any atom is -0.494 e. The summed E-state index contributed by atoms with van der Waals surface area (Å²) in [6.07, 6.45) is 11.2. The van der Waals surface area contributed by atoms with Crippen molar-refractivity contribution in [1.29, 1.82) is 0 Å². The second kappa shape index (κ2) is 11.5. The molecule has 1 aliphatic rings. The van der Waals surface area contributed by atoms with Gasteiger partial charge in [-0.05, 0) is 47.8 Å². The van der Waals surface area contributed by atoms with Crippen LogP contribution < -0.4 is 4.74 Å². The summed E-state index contributed by atoms with van der Waals surface area (Å²) >= 11 is 0. The van der Waals surface area contributed by atoms with Crippen molar-refractivity contribution in [1.82, 2.24) is 0 Å². The van der Waals surface area contributed by atoms with E-state index in [-0.39, 0.29) is 5.97 Å². The second-order valence-corrected chi connectivity index (χ2v) is 8.46. The molecule has 0 fully saturated rings. The van der Waals surface area contributed by atoms with Crippen molar-refractivity contribution in [2.45, 2.75) is 65.2 Å². The first-order valence-electron chi connectivity index (χ1n) is 11.6. The SMILES string of the molecule is CCCCCCCCOc1ccc(/C=C2/C=C(c3ccc(C(C)C)cc3)OC2=O)cc1. The normalized spacial score (nSPS) is 14.8. The van der Waals surface area contributed by atoms with Gasteiger partial charge in [0.15, 0.2) is 0 Å². The van der Waals surface area contributed by atoms with Gasteiger partial charge in [-0.15, -0.1) is 0 Å². The van der Waals surface area contributed by atoms with E-state index in [4.69, 9.17) is 9.47 Å². The van der Waals surface area contributed by atoms with Crippen LogP contribution in [-0.2, 0) is 9.53 Å². The fraction of sp³-hybridized carbons (Fsp3) is 0.393. The molecule has 1 aliphatic heterocycles. The summed E-state index contributed by atoms with van der Waals surface area (Å²) in [5, 5.41) is 0. The maximum absolute atomic E-state index is 12.3. The monoisotopic (exact) mass is 418 g/mol. The zero-order valence-electron chi connectivity index (χ0n) is 19.0. The van der Waals surface area contributed by atoms with Crippen LogP contribution in [0.3, 0.4) is 0 Å². The summed E-state index contributed by atoms with van der Waals surface area (Å²) < 4.78 is 11.3. The lowest BCUT2D eigenvalue weighted by Gasteiger charge is -2.07. The lowest BCUT2D eigenvalue weighted by atomic mass is 10.0. The van der Waals surface area contributed by atoms with E-state index in [1.807, 2.05) is 48.6 Å². The molecular weight excluding hydrogens is 384 g/mol. The lowest BCUT2D eigenvalue weighted by Crippen LogP contribution is -1.98. The molecule has 164 valence electrons. The average molecular weight is 419 g/mol. The van der Waals surface area contributed by atoms with Gasteiger partial charge in [0.05, 0.1) is 12.2 Å². The second-order valence-electron chi connectivity index (χ2n) is 8.46. The van der Waals surface area contributed by atoms with E-state index in [2.05, 4.69) is 32.9 Å². The highest BCUT2D eigenvalue weighted by Gasteiger charge is 2.22. The maximum atomic E-state index is 12.3. The quantitative estimate of drug-likeness (QED) is 0.215. The summed E-state index contributed by atoms with van der Waals surface area (Å²) in [7, 11) is 0. The third-order valence-electron chi connectivity index (χ3n) is 5.56. The number of rotatable bonds is 11. The largest absolute Gasteiger partial charge is 0.494 e. The van der Waals surface area contributed by atoms with Crippen molar-refractivity contribution in [3.8, 4) is 5.75 Å². The number of unbranched alkanes of at least 4 members (excludes halogenated alkanes) is 5. The highest BCUT2D eigenvalue weighted by molar-refractivity contribution is 6.05. The van der Waals surface area contributed by atoms with E-state index >= 15 is 0 Å². The minimum atomic E-state index is -0.314. The van der Waals surface area contributed by atoms with Crippen molar-refractivity contribution in [2.75, 3.05) is 6.61 Å². The van der Waals surface area contributed by atoms with Crippen LogP contribution in [0, 0.1) is 0 Å². The molecule has 0 spiro atoms. The van der Waals surface area contributed by atoms with Gasteiger partial charge in [0.2, 0.25) is 0 Å². The van der Waals surface area contributed by atoms with Gasteiger partial charge in [0.1, 0.15) is 11.5 Å². The van der Waals surface area contributed by atoms with E-state index in [1.54, 1.807) is 0 Å². The van der Waals surface area contributed by atoms with Crippen molar-refractivity contribution in [3.63, 3.8) is 0 Å². The van der Waals surface area contributed by atoms with Gasteiger partial charge in [-0.3, -0.25) is 0 Å². The number of carbonyl (C=O) groups excluding carboxylic acids is 1. The van der Waals surface area contributed by atoms with Crippen LogP contribution in [0.5, 0.6) is 5.75 Å². The number of esters is 1. The summed E-state index contributed by atoms with van der Waals surface area (Å²) in [6.45, 7) is 7.31. The van der Waals surface area contributed by atoms with E-state index in [9.17, 15) is 4.79 Å². The molecule has 2 aromatic carbocycles. The number of benzene rings is 2. The fourth-order valence-corrected chi connectivity index (χ4v) is 3.58. The lowest BCUT2D eigenvalue weighted by molar-refractivity contribution is -0.130. The molecule has 0 N–H and O–H groups in total. The molecule has 3 rings (SSSR count). The Labute approximate surface area is 186 Å². The molecule has 0 radical (unpaired) electrons. The van der Waals surface area contributed by atoms with Crippen LogP contribution in [0.25, 0.3) is 11.8 Å². The Hall–Kier alpha value is -2.81. The molecule has 2 aromatic rings. The third kappa shape index (κ3) is 6.85. The van der Waals surface area contributed by atoms with Gasteiger partial charge in [0.25, 0.3) is 0 Å². The molecule has 3 nitrogen and oxygen atoms in total. The Balaban J connectivity index is 1.55. The molecule has 0 unspecified atom stereocenters. The Morgan fingerprint density at radius 1 is 0.903 bits per heavy atom. The number of ether oxygens (including phenoxy) is 2. The predicted molar refractivity (Wildman–Crippen MR) is 128 cm³/mol. The molecule has 0 amide bonds. The van der Waals surface area contributed by atoms with Crippen molar-refractivity contribution in [2.24, 2.45) is 0 Å². The summed E-state index contributed by atoms with van der Waals surface area (Å²) in [6, 6.07) is 16.0. The molecule has 0 atom stereocenters. The minimum absolute atomic E-state index is 0.314. The molecule has 0 bridgehead atoms. The fourth-order valence-electron chi connectivity index (χ4n) is 3.58. The highest BCUT2D eigenvalue weighted by Crippen LogP contribution is 2.28. The first-order chi connectivity index (χ1) is 15.1. The van der Waals surface area contributed by atoms with E-state index in [1.165, 1.54) is 37.7 Å². The molecule has 0 aliphatic carbocycles. The summed E-state index contributed by atoms with van der Waals surface area (Å²) in [5.41, 5.74) is 3.69. The zero-order valence-corrected chi connectivity index (χ0v) is 19.0. The first-order valence-corrected chi connectivity index (χ1v) is 11.6. The number of carbonyl (C=O) groups is 1. The summed E-state index contributed by atoms with van der Waals surface area (Å²) in [4.78, 5) is 12.3. The standard InChI is InChI=1S/C28H34O3/c1-4-5-6-7-8-9-18-30-26-16-10-22(11-17-26)19-25-20-27(31-28(25)29)24-14-12-23(13-15-24)21(2)3/h10-17,19-21H,4-9,18H2,1-3H3/b25-19-. The van der Waals surface area contributed by atoms with E-state index < -0.39 is 0 Å². The molecular formula is C28H34O3. The molecule has 0 saturated carbocycles. The zero-order chi connectivity index (χ0) is 22.1. The predicted octanol–water partition coefficient (Wildman–Crippen LogP) is 7.53. The topological polar surface area (TPSA) is 35.5 Å². The highest BCUT2D eigenvalue weighted by atomic mass is 16.5. The Kier molecular flexibility index (Phi) is 8.52. The van der Waals surface area contributed by atoms with E-state index in [0.29, 0.717) is 17.3 Å². The summed E-state index contributed by atoms with van der Waals surface area (Å²) in [5.74, 6) is 1.63. The first kappa shape index (κ1) is 22.9. The van der Waals surface area contributed by atoms with Crippen LogP contribution in [0.15, 0.2) is 60.2 Å². The third-order valence-corrected chi connectivity index (χ3v) is 5.56. The Bertz CT molecular complexity index is 902.